The molecule has 5 nitrogen and oxygen atoms in total. The number of benzene rings is 1. The van der Waals surface area contributed by atoms with E-state index in [0.717, 1.165) is 10.6 Å². The monoisotopic (exact) mass is 301 g/mol. The summed E-state index contributed by atoms with van der Waals surface area (Å²) in [5.41, 5.74) is 7.01. The Morgan fingerprint density at radius 2 is 2.21 bits per heavy atom. The Bertz CT molecular complexity index is 558. The van der Waals surface area contributed by atoms with Gasteiger partial charge in [0.15, 0.2) is 0 Å². The summed E-state index contributed by atoms with van der Waals surface area (Å²) in [6.07, 6.45) is 0. The number of anilines is 2. The van der Waals surface area contributed by atoms with Gasteiger partial charge in [-0.15, -0.1) is 11.8 Å². The van der Waals surface area contributed by atoms with Crippen molar-refractivity contribution in [1.82, 2.24) is 4.72 Å². The molecular formula is C12H19N3O2S2. The van der Waals surface area contributed by atoms with Gasteiger partial charge >= 0.3 is 10.2 Å². The van der Waals surface area contributed by atoms with Gasteiger partial charge in [-0.1, -0.05) is 13.8 Å². The average Bonchev–Trinajstić information content (AvgIpc) is 2.35. The van der Waals surface area contributed by atoms with Gasteiger partial charge in [0, 0.05) is 29.4 Å². The predicted octanol–water partition coefficient (Wildman–Crippen LogP) is 1.67. The van der Waals surface area contributed by atoms with Crippen LogP contribution in [0.3, 0.4) is 0 Å². The Morgan fingerprint density at radius 3 is 2.89 bits per heavy atom. The number of thioether (sulfide) groups is 1. The van der Waals surface area contributed by atoms with E-state index in [1.165, 1.54) is 4.31 Å². The molecule has 0 atom stereocenters. The fourth-order valence-corrected chi connectivity index (χ4v) is 4.40. The van der Waals surface area contributed by atoms with Crippen LogP contribution in [0.15, 0.2) is 23.1 Å². The third-order valence-electron chi connectivity index (χ3n) is 2.77. The highest BCUT2D eigenvalue weighted by molar-refractivity contribution is 7.99. The van der Waals surface area contributed by atoms with E-state index < -0.39 is 10.2 Å². The van der Waals surface area contributed by atoms with Crippen LogP contribution in [0.1, 0.15) is 13.8 Å². The van der Waals surface area contributed by atoms with E-state index in [0.29, 0.717) is 24.5 Å². The summed E-state index contributed by atoms with van der Waals surface area (Å²) in [4.78, 5) is 0.954. The SMILES string of the molecule is CC(C)CNS(=O)(=O)N1CCSc2ccc(N)cc21. The lowest BCUT2D eigenvalue weighted by atomic mass is 10.2. The highest BCUT2D eigenvalue weighted by Crippen LogP contribution is 2.37. The zero-order valence-corrected chi connectivity index (χ0v) is 12.7. The molecule has 0 amide bonds. The normalized spacial score (nSPS) is 15.6. The standard InChI is InChI=1S/C12H19N3O2S2/c1-9(2)8-14-19(16,17)15-5-6-18-12-4-3-10(13)7-11(12)15/h3-4,7,9,14H,5-6,8,13H2,1-2H3. The molecule has 2 rings (SSSR count). The molecule has 1 aliphatic rings. The topological polar surface area (TPSA) is 75.4 Å². The Labute approximate surface area is 118 Å². The van der Waals surface area contributed by atoms with Crippen molar-refractivity contribution in [2.24, 2.45) is 5.92 Å². The summed E-state index contributed by atoms with van der Waals surface area (Å²) in [5, 5.41) is 0. The highest BCUT2D eigenvalue weighted by Gasteiger charge is 2.27. The highest BCUT2D eigenvalue weighted by atomic mass is 32.2. The van der Waals surface area contributed by atoms with Crippen LogP contribution < -0.4 is 14.8 Å². The van der Waals surface area contributed by atoms with E-state index in [4.69, 9.17) is 5.73 Å². The maximum atomic E-state index is 12.3. The van der Waals surface area contributed by atoms with E-state index in [1.807, 2.05) is 19.9 Å². The summed E-state index contributed by atoms with van der Waals surface area (Å²) in [5.74, 6) is 1.02. The number of nitrogen functional groups attached to an aromatic ring is 1. The number of nitrogens with two attached hydrogens (primary N) is 1. The van der Waals surface area contributed by atoms with Gasteiger partial charge in [-0.3, -0.25) is 4.31 Å². The number of fused-ring (bicyclic) bond motifs is 1. The second-order valence-electron chi connectivity index (χ2n) is 4.90. The fourth-order valence-electron chi connectivity index (χ4n) is 1.81. The third kappa shape index (κ3) is 3.34. The molecule has 0 fully saturated rings. The van der Waals surface area contributed by atoms with Crippen LogP contribution in [0.5, 0.6) is 0 Å². The maximum Gasteiger partial charge on any atom is 0.301 e. The molecule has 0 aromatic heterocycles. The lowest BCUT2D eigenvalue weighted by molar-refractivity contribution is 0.556. The zero-order valence-electron chi connectivity index (χ0n) is 11.1. The summed E-state index contributed by atoms with van der Waals surface area (Å²) >= 11 is 1.65. The quantitative estimate of drug-likeness (QED) is 0.830. The summed E-state index contributed by atoms with van der Waals surface area (Å²) in [7, 11) is -3.49. The Morgan fingerprint density at radius 1 is 1.47 bits per heavy atom. The van der Waals surface area contributed by atoms with Crippen molar-refractivity contribution in [3.8, 4) is 0 Å². The molecule has 1 aliphatic heterocycles. The minimum absolute atomic E-state index is 0.272. The van der Waals surface area contributed by atoms with Gasteiger partial charge in [0.25, 0.3) is 0 Å². The summed E-state index contributed by atoms with van der Waals surface area (Å²) in [6, 6.07) is 5.39. The lowest BCUT2D eigenvalue weighted by Crippen LogP contribution is -2.44. The summed E-state index contributed by atoms with van der Waals surface area (Å²) in [6.45, 7) is 4.85. The molecule has 3 N–H and O–H groups in total. The van der Waals surface area contributed by atoms with Crippen molar-refractivity contribution in [1.29, 1.82) is 0 Å². The zero-order chi connectivity index (χ0) is 14.0. The molecule has 106 valence electrons. The van der Waals surface area contributed by atoms with Crippen molar-refractivity contribution in [2.75, 3.05) is 28.9 Å². The maximum absolute atomic E-state index is 12.3. The van der Waals surface area contributed by atoms with Crippen LogP contribution in [-0.2, 0) is 10.2 Å². The first-order chi connectivity index (χ1) is 8.90. The molecule has 1 heterocycles. The first-order valence-corrected chi connectivity index (χ1v) is 8.62. The molecule has 1 aromatic rings. The second-order valence-corrected chi connectivity index (χ2v) is 7.71. The van der Waals surface area contributed by atoms with Crippen LogP contribution in [0.25, 0.3) is 0 Å². The molecule has 0 spiro atoms. The number of hydrogen-bond acceptors (Lipinski definition) is 4. The van der Waals surface area contributed by atoms with Crippen LogP contribution in [0, 0.1) is 5.92 Å². The van der Waals surface area contributed by atoms with Crippen molar-refractivity contribution in [3.63, 3.8) is 0 Å². The third-order valence-corrected chi connectivity index (χ3v) is 5.30. The molecular weight excluding hydrogens is 282 g/mol. The molecule has 0 saturated carbocycles. The van der Waals surface area contributed by atoms with E-state index in [1.54, 1.807) is 23.9 Å². The smallest absolute Gasteiger partial charge is 0.301 e. The van der Waals surface area contributed by atoms with E-state index in [9.17, 15) is 8.42 Å². The van der Waals surface area contributed by atoms with Crippen LogP contribution >= 0.6 is 11.8 Å². The molecule has 0 radical (unpaired) electrons. The second kappa shape index (κ2) is 5.60. The predicted molar refractivity (Wildman–Crippen MR) is 80.7 cm³/mol. The minimum Gasteiger partial charge on any atom is -0.399 e. The molecule has 0 unspecified atom stereocenters. The number of nitrogens with zero attached hydrogens (tertiary/aromatic N) is 1. The fraction of sp³-hybridized carbons (Fsp3) is 0.500. The van der Waals surface area contributed by atoms with E-state index in [-0.39, 0.29) is 5.92 Å². The lowest BCUT2D eigenvalue weighted by Gasteiger charge is -2.30. The van der Waals surface area contributed by atoms with Gasteiger partial charge < -0.3 is 5.73 Å². The molecule has 0 aliphatic carbocycles. The number of hydrogen-bond donors (Lipinski definition) is 2. The van der Waals surface area contributed by atoms with Crippen LogP contribution in [0.4, 0.5) is 11.4 Å². The Kier molecular flexibility index (Phi) is 4.27. The molecule has 0 saturated heterocycles. The molecule has 7 heteroatoms. The van der Waals surface area contributed by atoms with Crippen molar-refractivity contribution in [3.05, 3.63) is 18.2 Å². The molecule has 19 heavy (non-hydrogen) atoms. The van der Waals surface area contributed by atoms with Crippen LogP contribution in [0.2, 0.25) is 0 Å². The number of nitrogens with one attached hydrogen (secondary N) is 1. The Balaban J connectivity index is 2.30. The van der Waals surface area contributed by atoms with Gasteiger partial charge in [0.2, 0.25) is 0 Å². The largest absolute Gasteiger partial charge is 0.399 e. The van der Waals surface area contributed by atoms with Crippen molar-refractivity contribution >= 4 is 33.3 Å². The van der Waals surface area contributed by atoms with E-state index >= 15 is 0 Å². The average molecular weight is 301 g/mol. The van der Waals surface area contributed by atoms with Gasteiger partial charge in [0.1, 0.15) is 0 Å². The molecule has 1 aromatic carbocycles. The van der Waals surface area contributed by atoms with Gasteiger partial charge in [-0.2, -0.15) is 13.1 Å². The van der Waals surface area contributed by atoms with Crippen molar-refractivity contribution < 1.29 is 8.42 Å². The van der Waals surface area contributed by atoms with Crippen LogP contribution in [-0.4, -0.2) is 27.3 Å². The van der Waals surface area contributed by atoms with Crippen molar-refractivity contribution in [2.45, 2.75) is 18.7 Å². The van der Waals surface area contributed by atoms with E-state index in [2.05, 4.69) is 4.72 Å². The first-order valence-electron chi connectivity index (χ1n) is 6.20. The number of rotatable bonds is 4. The van der Waals surface area contributed by atoms with Gasteiger partial charge in [-0.25, -0.2) is 0 Å². The molecule has 0 bridgehead atoms. The Hall–Kier alpha value is -0.920. The minimum atomic E-state index is -3.49. The van der Waals surface area contributed by atoms with Gasteiger partial charge in [0.05, 0.1) is 5.69 Å². The first kappa shape index (κ1) is 14.5. The van der Waals surface area contributed by atoms with Gasteiger partial charge in [-0.05, 0) is 24.1 Å². The summed E-state index contributed by atoms with van der Waals surface area (Å²) < 4.78 is 28.7.